The van der Waals surface area contributed by atoms with E-state index in [1.165, 1.54) is 6.07 Å². The van der Waals surface area contributed by atoms with Crippen LogP contribution in [0, 0.1) is 0 Å². The molecule has 0 aliphatic carbocycles. The van der Waals surface area contributed by atoms with Crippen LogP contribution < -0.4 is 0 Å². The zero-order valence-electron chi connectivity index (χ0n) is 12.9. The summed E-state index contributed by atoms with van der Waals surface area (Å²) in [5.41, 5.74) is 0.586. The molecule has 1 heterocycles. The van der Waals surface area contributed by atoms with Crippen molar-refractivity contribution < 1.29 is 22.7 Å². The van der Waals surface area contributed by atoms with Gasteiger partial charge in [-0.2, -0.15) is 0 Å². The Bertz CT molecular complexity index is 739. The van der Waals surface area contributed by atoms with Crippen LogP contribution in [0.5, 0.6) is 0 Å². The molecule has 1 amide bonds. The number of ether oxygens (including phenoxy) is 1. The van der Waals surface area contributed by atoms with Crippen LogP contribution in [-0.4, -0.2) is 31.2 Å². The van der Waals surface area contributed by atoms with Crippen molar-refractivity contribution in [2.24, 2.45) is 0 Å². The molecule has 1 aliphatic heterocycles. The van der Waals surface area contributed by atoms with Crippen molar-refractivity contribution in [2.75, 3.05) is 6.61 Å². The van der Waals surface area contributed by atoms with Crippen molar-refractivity contribution in [3.63, 3.8) is 0 Å². The smallest absolute Gasteiger partial charge is 0.305 e. The second kappa shape index (κ2) is 6.95. The van der Waals surface area contributed by atoms with Gasteiger partial charge in [-0.3, -0.25) is 9.59 Å². The Balaban J connectivity index is 2.01. The zero-order valence-corrected chi connectivity index (χ0v) is 13.8. The third kappa shape index (κ3) is 3.44. The minimum absolute atomic E-state index is 0.0620. The van der Waals surface area contributed by atoms with E-state index in [2.05, 4.69) is 6.58 Å². The maximum atomic E-state index is 12.4. The van der Waals surface area contributed by atoms with Gasteiger partial charge in [0.05, 0.1) is 17.2 Å². The van der Waals surface area contributed by atoms with E-state index in [1.807, 2.05) is 6.92 Å². The van der Waals surface area contributed by atoms with E-state index in [9.17, 15) is 18.0 Å². The minimum Gasteiger partial charge on any atom is -0.466 e. The average molecular weight is 337 g/mol. The van der Waals surface area contributed by atoms with Crippen molar-refractivity contribution in [3.05, 3.63) is 36.4 Å². The predicted molar refractivity (Wildman–Crippen MR) is 84.6 cm³/mol. The Labute approximate surface area is 135 Å². The quantitative estimate of drug-likeness (QED) is 0.744. The first-order valence-electron chi connectivity index (χ1n) is 7.41. The van der Waals surface area contributed by atoms with Crippen LogP contribution in [0.25, 0.3) is 5.70 Å². The number of hydrogen-bond donors (Lipinski definition) is 0. The second-order valence-electron chi connectivity index (χ2n) is 5.18. The van der Waals surface area contributed by atoms with E-state index >= 15 is 0 Å². The molecular weight excluding hydrogens is 318 g/mol. The van der Waals surface area contributed by atoms with Crippen molar-refractivity contribution >= 4 is 27.6 Å². The molecule has 0 fully saturated rings. The molecule has 0 spiro atoms. The van der Waals surface area contributed by atoms with Gasteiger partial charge in [-0.05, 0) is 18.9 Å². The predicted octanol–water partition coefficient (Wildman–Crippen LogP) is 2.31. The van der Waals surface area contributed by atoms with E-state index in [0.717, 1.165) is 10.7 Å². The summed E-state index contributed by atoms with van der Waals surface area (Å²) < 4.78 is 30.5. The fourth-order valence-corrected chi connectivity index (χ4v) is 4.00. The van der Waals surface area contributed by atoms with Crippen molar-refractivity contribution in [1.82, 2.24) is 4.31 Å². The Hall–Kier alpha value is -2.15. The average Bonchev–Trinajstić information content (AvgIpc) is 2.72. The molecule has 1 aliphatic rings. The Morgan fingerprint density at radius 3 is 2.57 bits per heavy atom. The van der Waals surface area contributed by atoms with Crippen molar-refractivity contribution in [2.45, 2.75) is 37.5 Å². The van der Waals surface area contributed by atoms with Gasteiger partial charge in [-0.15, -0.1) is 0 Å². The number of hydrogen-bond acceptors (Lipinski definition) is 5. The number of fused-ring (bicyclic) bond motifs is 1. The summed E-state index contributed by atoms with van der Waals surface area (Å²) in [5, 5.41) is 0. The van der Waals surface area contributed by atoms with E-state index < -0.39 is 15.9 Å². The normalized spacial score (nSPS) is 15.3. The molecule has 23 heavy (non-hydrogen) atoms. The maximum absolute atomic E-state index is 12.4. The Morgan fingerprint density at radius 2 is 1.91 bits per heavy atom. The molecular formula is C16H19NO5S. The standard InChI is InChI=1S/C16H19NO5S/c1-3-11-22-16(19)10-6-9-15(18)17-12(2)13-7-4-5-8-14(13)23(17,20)21/h4-5,7-8H,2-3,6,9-11H2,1H3. The topological polar surface area (TPSA) is 80.8 Å². The van der Waals surface area contributed by atoms with E-state index in [1.54, 1.807) is 18.2 Å². The number of sulfonamides is 1. The molecule has 0 aromatic heterocycles. The lowest BCUT2D eigenvalue weighted by Crippen LogP contribution is -2.30. The molecule has 0 atom stereocenters. The van der Waals surface area contributed by atoms with E-state index in [-0.39, 0.29) is 35.8 Å². The van der Waals surface area contributed by atoms with Gasteiger partial charge in [0.25, 0.3) is 10.0 Å². The molecule has 0 saturated heterocycles. The number of amides is 1. The first-order valence-corrected chi connectivity index (χ1v) is 8.85. The highest BCUT2D eigenvalue weighted by Crippen LogP contribution is 2.37. The molecule has 7 heteroatoms. The maximum Gasteiger partial charge on any atom is 0.305 e. The van der Waals surface area contributed by atoms with Crippen LogP contribution in [0.3, 0.4) is 0 Å². The molecule has 2 rings (SSSR count). The van der Waals surface area contributed by atoms with Crippen LogP contribution in [-0.2, 0) is 24.3 Å². The van der Waals surface area contributed by atoms with E-state index in [0.29, 0.717) is 12.2 Å². The van der Waals surface area contributed by atoms with Crippen LogP contribution in [0.15, 0.2) is 35.7 Å². The first kappa shape index (κ1) is 17.2. The third-order valence-electron chi connectivity index (χ3n) is 3.43. The first-order chi connectivity index (χ1) is 10.9. The summed E-state index contributed by atoms with van der Waals surface area (Å²) in [4.78, 5) is 23.7. The summed E-state index contributed by atoms with van der Waals surface area (Å²) >= 11 is 0. The second-order valence-corrected chi connectivity index (χ2v) is 6.94. The van der Waals surface area contributed by atoms with Crippen LogP contribution in [0.4, 0.5) is 0 Å². The number of carbonyl (C=O) groups excluding carboxylic acids is 2. The van der Waals surface area contributed by atoms with Crippen LogP contribution in [0.1, 0.15) is 38.2 Å². The van der Waals surface area contributed by atoms with Crippen LogP contribution >= 0.6 is 0 Å². The third-order valence-corrected chi connectivity index (χ3v) is 5.24. The van der Waals surface area contributed by atoms with Gasteiger partial charge < -0.3 is 4.74 Å². The largest absolute Gasteiger partial charge is 0.466 e. The SMILES string of the molecule is C=C1c2ccccc2S(=O)(=O)N1C(=O)CCCC(=O)OCCC. The minimum atomic E-state index is -3.89. The summed E-state index contributed by atoms with van der Waals surface area (Å²) in [6, 6.07) is 6.36. The highest BCUT2D eigenvalue weighted by molar-refractivity contribution is 7.90. The zero-order chi connectivity index (χ0) is 17.0. The van der Waals surface area contributed by atoms with Gasteiger partial charge in [-0.1, -0.05) is 31.7 Å². The lowest BCUT2D eigenvalue weighted by molar-refractivity contribution is -0.143. The van der Waals surface area contributed by atoms with Gasteiger partial charge in [0.2, 0.25) is 5.91 Å². The van der Waals surface area contributed by atoms with Crippen molar-refractivity contribution in [3.8, 4) is 0 Å². The van der Waals surface area contributed by atoms with Crippen molar-refractivity contribution in [1.29, 1.82) is 0 Å². The lowest BCUT2D eigenvalue weighted by Gasteiger charge is -2.16. The van der Waals surface area contributed by atoms with E-state index in [4.69, 9.17) is 4.74 Å². The Kier molecular flexibility index (Phi) is 5.20. The molecule has 0 radical (unpaired) electrons. The highest BCUT2D eigenvalue weighted by atomic mass is 32.2. The van der Waals surface area contributed by atoms with Crippen LogP contribution in [0.2, 0.25) is 0 Å². The number of carbonyl (C=O) groups is 2. The van der Waals surface area contributed by atoms with Gasteiger partial charge in [0.15, 0.2) is 0 Å². The summed E-state index contributed by atoms with van der Waals surface area (Å²) in [6.45, 7) is 5.95. The van der Waals surface area contributed by atoms with Gasteiger partial charge in [-0.25, -0.2) is 12.7 Å². The summed E-state index contributed by atoms with van der Waals surface area (Å²) in [7, 11) is -3.89. The summed E-state index contributed by atoms with van der Waals surface area (Å²) in [5.74, 6) is -0.972. The fraction of sp³-hybridized carbons (Fsp3) is 0.375. The number of benzene rings is 1. The number of nitrogens with zero attached hydrogens (tertiary/aromatic N) is 1. The molecule has 0 unspecified atom stereocenters. The van der Waals surface area contributed by atoms with Gasteiger partial charge in [0, 0.05) is 18.4 Å². The highest BCUT2D eigenvalue weighted by Gasteiger charge is 2.40. The Morgan fingerprint density at radius 1 is 1.22 bits per heavy atom. The molecule has 1 aromatic carbocycles. The summed E-state index contributed by atoms with van der Waals surface area (Å²) in [6.07, 6.45) is 0.984. The fourth-order valence-electron chi connectivity index (χ4n) is 2.34. The van der Waals surface area contributed by atoms with Gasteiger partial charge in [0.1, 0.15) is 0 Å². The number of esters is 1. The molecule has 124 valence electrons. The number of rotatable bonds is 6. The molecule has 0 saturated carbocycles. The molecule has 0 N–H and O–H groups in total. The monoisotopic (exact) mass is 337 g/mol. The molecule has 1 aromatic rings. The van der Waals surface area contributed by atoms with Gasteiger partial charge >= 0.3 is 5.97 Å². The lowest BCUT2D eigenvalue weighted by atomic mass is 10.1. The molecule has 6 nitrogen and oxygen atoms in total. The molecule has 0 bridgehead atoms.